The summed E-state index contributed by atoms with van der Waals surface area (Å²) in [5, 5.41) is 8.11. The zero-order valence-corrected chi connectivity index (χ0v) is 27.7. The molecule has 1 saturated carbocycles. The summed E-state index contributed by atoms with van der Waals surface area (Å²) in [6, 6.07) is 18.1. The third-order valence-electron chi connectivity index (χ3n) is 8.98. The molecule has 7 rings (SSSR count). The van der Waals surface area contributed by atoms with Crippen LogP contribution < -0.4 is 10.1 Å². The summed E-state index contributed by atoms with van der Waals surface area (Å²) in [5.41, 5.74) is 3.46. The topological polar surface area (TPSA) is 132 Å². The highest BCUT2D eigenvalue weighted by molar-refractivity contribution is 9.10. The monoisotopic (exact) mass is 693 g/mol. The van der Waals surface area contributed by atoms with E-state index < -0.39 is 6.04 Å². The number of hydrogen-bond acceptors (Lipinski definition) is 8. The first-order valence-corrected chi connectivity index (χ1v) is 16.1. The second kappa shape index (κ2) is 12.0. The van der Waals surface area contributed by atoms with Crippen LogP contribution in [0.15, 0.2) is 77.7 Å². The number of amides is 2. The number of hydrogen-bond donors (Lipinski definition) is 1. The molecule has 0 bridgehead atoms. The van der Waals surface area contributed by atoms with Crippen LogP contribution in [0.1, 0.15) is 48.6 Å². The Kier molecular flexibility index (Phi) is 7.83. The molecule has 0 radical (unpaired) electrons. The summed E-state index contributed by atoms with van der Waals surface area (Å²) in [6.07, 6.45) is 4.84. The number of aryl methyl sites for hydroxylation is 1. The van der Waals surface area contributed by atoms with E-state index in [0.29, 0.717) is 45.9 Å². The van der Waals surface area contributed by atoms with E-state index in [1.807, 2.05) is 55.5 Å². The van der Waals surface area contributed by atoms with Gasteiger partial charge in [-0.05, 0) is 64.4 Å². The average Bonchev–Trinajstić information content (AvgIpc) is 3.41. The molecule has 5 aromatic rings. The van der Waals surface area contributed by atoms with Crippen molar-refractivity contribution in [2.45, 2.75) is 58.8 Å². The molecule has 2 fully saturated rings. The van der Waals surface area contributed by atoms with E-state index in [1.165, 1.54) is 6.92 Å². The minimum atomic E-state index is -0.678. The fourth-order valence-corrected chi connectivity index (χ4v) is 6.84. The Labute approximate surface area is 279 Å². The molecule has 2 aromatic carbocycles. The second-order valence-corrected chi connectivity index (χ2v) is 13.3. The van der Waals surface area contributed by atoms with E-state index in [0.717, 1.165) is 23.1 Å². The molecule has 4 heterocycles. The number of nitrogens with one attached hydrogen (secondary N) is 1. The number of carbonyl (C=O) groups is 3. The molecule has 3 atom stereocenters. The van der Waals surface area contributed by atoms with Crippen LogP contribution in [0, 0.1) is 12.3 Å². The van der Waals surface area contributed by atoms with Gasteiger partial charge in [-0.25, -0.2) is 15.0 Å². The van der Waals surface area contributed by atoms with Gasteiger partial charge in [0.1, 0.15) is 46.9 Å². The van der Waals surface area contributed by atoms with Gasteiger partial charge >= 0.3 is 0 Å². The molecule has 1 aliphatic heterocycles. The van der Waals surface area contributed by atoms with E-state index in [2.05, 4.69) is 48.2 Å². The van der Waals surface area contributed by atoms with Gasteiger partial charge < -0.3 is 15.0 Å². The van der Waals surface area contributed by atoms with Crippen molar-refractivity contribution in [3.8, 4) is 16.9 Å². The molecule has 2 amide bonds. The highest BCUT2D eigenvalue weighted by Gasteiger charge is 2.64. The summed E-state index contributed by atoms with van der Waals surface area (Å²) < 4.78 is 8.02. The summed E-state index contributed by atoms with van der Waals surface area (Å²) in [5.74, 6) is 0.777. The molecule has 0 unspecified atom stereocenters. The summed E-state index contributed by atoms with van der Waals surface area (Å²) >= 11 is 3.42. The van der Waals surface area contributed by atoms with Crippen molar-refractivity contribution in [2.24, 2.45) is 5.41 Å². The van der Waals surface area contributed by atoms with Gasteiger partial charge in [-0.1, -0.05) is 43.3 Å². The number of ketones is 1. The number of nitrogens with zero attached hydrogens (tertiary/aromatic N) is 6. The van der Waals surface area contributed by atoms with Crippen LogP contribution in [0.2, 0.25) is 0 Å². The van der Waals surface area contributed by atoms with Crippen molar-refractivity contribution in [2.75, 3.05) is 5.32 Å². The van der Waals surface area contributed by atoms with Crippen LogP contribution in [-0.2, 0) is 22.7 Å². The molecule has 2 aliphatic rings. The number of carbonyl (C=O) groups excluding carboxylic acids is 3. The summed E-state index contributed by atoms with van der Waals surface area (Å²) in [4.78, 5) is 55.0. The number of ether oxygens (including phenoxy) is 1. The zero-order valence-electron chi connectivity index (χ0n) is 26.1. The van der Waals surface area contributed by atoms with E-state index in [1.54, 1.807) is 34.1 Å². The lowest BCUT2D eigenvalue weighted by atomic mass is 10.0. The Morgan fingerprint density at radius 2 is 1.79 bits per heavy atom. The lowest BCUT2D eigenvalue weighted by molar-refractivity contribution is -0.138. The SMILES string of the molecule is CC(=O)c1nn(CC(=O)N2[C@H](C(=O)Nc3cc(OCc4ccccc4)cc(Br)n3)C[C@@]3(C)C[C@@H]23)c2ccc(-c3cnc(C)nc3)cc12. The van der Waals surface area contributed by atoms with Gasteiger partial charge in [0, 0.05) is 48.4 Å². The zero-order chi connectivity index (χ0) is 32.9. The highest BCUT2D eigenvalue weighted by atomic mass is 79.9. The maximum absolute atomic E-state index is 14.0. The second-order valence-electron chi connectivity index (χ2n) is 12.5. The van der Waals surface area contributed by atoms with Crippen molar-refractivity contribution >= 4 is 50.2 Å². The number of Topliss-reactive ketones (excluding diaryl/α,β-unsaturated/α-hetero) is 1. The Morgan fingerprint density at radius 3 is 2.53 bits per heavy atom. The van der Waals surface area contributed by atoms with Crippen LogP contribution in [0.25, 0.3) is 22.0 Å². The largest absolute Gasteiger partial charge is 0.489 e. The first-order chi connectivity index (χ1) is 22.6. The molecule has 12 heteroatoms. The van der Waals surface area contributed by atoms with E-state index >= 15 is 0 Å². The maximum Gasteiger partial charge on any atom is 0.248 e. The van der Waals surface area contributed by atoms with Crippen LogP contribution in [0.4, 0.5) is 5.82 Å². The van der Waals surface area contributed by atoms with Gasteiger partial charge in [0.2, 0.25) is 11.8 Å². The molecule has 47 heavy (non-hydrogen) atoms. The maximum atomic E-state index is 14.0. The van der Waals surface area contributed by atoms with E-state index in [9.17, 15) is 14.4 Å². The van der Waals surface area contributed by atoms with Gasteiger partial charge in [-0.2, -0.15) is 5.10 Å². The van der Waals surface area contributed by atoms with Crippen LogP contribution >= 0.6 is 15.9 Å². The lowest BCUT2D eigenvalue weighted by Gasteiger charge is -2.27. The third-order valence-corrected chi connectivity index (χ3v) is 9.38. The molecule has 0 spiro atoms. The van der Waals surface area contributed by atoms with Crippen LogP contribution in [0.5, 0.6) is 5.75 Å². The predicted octanol–water partition coefficient (Wildman–Crippen LogP) is 5.76. The summed E-state index contributed by atoms with van der Waals surface area (Å²) in [7, 11) is 0. The Morgan fingerprint density at radius 1 is 1.02 bits per heavy atom. The Balaban J connectivity index is 1.10. The van der Waals surface area contributed by atoms with Gasteiger partial charge in [-0.15, -0.1) is 0 Å². The highest BCUT2D eigenvalue weighted by Crippen LogP contribution is 2.59. The van der Waals surface area contributed by atoms with Crippen molar-refractivity contribution in [3.63, 3.8) is 0 Å². The average molecular weight is 695 g/mol. The number of pyridine rings is 1. The van der Waals surface area contributed by atoms with E-state index in [-0.39, 0.29) is 41.3 Å². The Hall–Kier alpha value is -4.97. The first kappa shape index (κ1) is 30.7. The fraction of sp³-hybridized carbons (Fsp3) is 0.286. The Bertz CT molecular complexity index is 2030. The number of likely N-dealkylation sites (tertiary alicyclic amines) is 1. The van der Waals surface area contributed by atoms with Gasteiger partial charge in [0.05, 0.1) is 5.52 Å². The number of anilines is 1. The smallest absolute Gasteiger partial charge is 0.248 e. The molecule has 238 valence electrons. The van der Waals surface area contributed by atoms with Gasteiger partial charge in [0.15, 0.2) is 5.78 Å². The van der Waals surface area contributed by atoms with Crippen molar-refractivity contribution in [1.82, 2.24) is 29.6 Å². The number of halogens is 1. The van der Waals surface area contributed by atoms with Crippen LogP contribution in [-0.4, -0.2) is 59.3 Å². The first-order valence-electron chi connectivity index (χ1n) is 15.3. The fourth-order valence-electron chi connectivity index (χ4n) is 6.42. The molecule has 1 saturated heterocycles. The van der Waals surface area contributed by atoms with Crippen molar-refractivity contribution in [1.29, 1.82) is 0 Å². The minimum Gasteiger partial charge on any atom is -0.489 e. The molecular formula is C35H32BrN7O4. The van der Waals surface area contributed by atoms with Crippen LogP contribution in [0.3, 0.4) is 0 Å². The number of fused-ring (bicyclic) bond motifs is 2. The normalized spacial score (nSPS) is 19.8. The van der Waals surface area contributed by atoms with E-state index in [4.69, 9.17) is 4.74 Å². The summed E-state index contributed by atoms with van der Waals surface area (Å²) in [6.45, 7) is 5.63. The number of piperidine rings is 1. The van der Waals surface area contributed by atoms with Crippen molar-refractivity contribution in [3.05, 3.63) is 94.7 Å². The quantitative estimate of drug-likeness (QED) is 0.152. The minimum absolute atomic E-state index is 0.0479. The lowest BCUT2D eigenvalue weighted by Crippen LogP contribution is -2.46. The number of benzene rings is 2. The number of rotatable bonds is 9. The third kappa shape index (κ3) is 6.12. The predicted molar refractivity (Wildman–Crippen MR) is 179 cm³/mol. The molecule has 1 aliphatic carbocycles. The number of aromatic nitrogens is 5. The molecule has 1 N–H and O–H groups in total. The molecule has 11 nitrogen and oxygen atoms in total. The molecule has 3 aromatic heterocycles. The standard InChI is InChI=1S/C35H32BrN7O4/c1-20(44)33-26-11-23(24-16-37-21(2)38-17-24)9-10-27(26)42(41-33)18-32(45)43-28(14-35(3)15-29(35)43)34(46)40-31-13-25(12-30(36)39-31)47-19-22-7-5-4-6-8-22/h4-13,16-17,28-29H,14-15,18-19H2,1-3H3,(H,39,40,46)/t28-,29+,35-/m0/s1. The molecular weight excluding hydrogens is 662 g/mol. The van der Waals surface area contributed by atoms with Crippen molar-refractivity contribution < 1.29 is 19.1 Å². The van der Waals surface area contributed by atoms with Gasteiger partial charge in [0.25, 0.3) is 0 Å². The van der Waals surface area contributed by atoms with Gasteiger partial charge in [-0.3, -0.25) is 19.1 Å².